The molecule has 2 aromatic rings. The zero-order valence-electron chi connectivity index (χ0n) is 8.24. The van der Waals surface area contributed by atoms with Gasteiger partial charge in [0, 0.05) is 16.6 Å². The fraction of sp³-hybridized carbons (Fsp3) is 0.182. The highest BCUT2D eigenvalue weighted by atomic mass is 32.1. The summed E-state index contributed by atoms with van der Waals surface area (Å²) in [7, 11) is 0. The second kappa shape index (κ2) is 3.42. The number of nitrogens with two attached hydrogens (primary N) is 1. The van der Waals surface area contributed by atoms with Gasteiger partial charge in [-0.3, -0.25) is 0 Å². The molecule has 0 aliphatic carbocycles. The monoisotopic (exact) mass is 204 g/mol. The zero-order chi connectivity index (χ0) is 10.1. The van der Waals surface area contributed by atoms with E-state index >= 15 is 0 Å². The molecule has 2 heterocycles. The molecule has 2 aromatic heterocycles. The molecule has 2 nitrogen and oxygen atoms in total. The Balaban J connectivity index is 2.68. The van der Waals surface area contributed by atoms with Gasteiger partial charge in [-0.05, 0) is 42.5 Å². The number of pyridine rings is 1. The van der Waals surface area contributed by atoms with Crippen LogP contribution >= 0.6 is 11.3 Å². The predicted molar refractivity (Wildman–Crippen MR) is 61.4 cm³/mol. The summed E-state index contributed by atoms with van der Waals surface area (Å²) in [6.45, 7) is 4.16. The smallest absolute Gasteiger partial charge is 0.132 e. The largest absolute Gasteiger partial charge is 0.383 e. The standard InChI is InChI=1S/C11H12N2S/c1-7-3-5-13-11(12)9(7)10-8(2)4-6-14-10/h3-6H,1-2H3,(H2,12,13). The van der Waals surface area contributed by atoms with Crippen LogP contribution in [0.15, 0.2) is 23.7 Å². The van der Waals surface area contributed by atoms with E-state index in [9.17, 15) is 0 Å². The number of hydrogen-bond acceptors (Lipinski definition) is 3. The molecule has 0 aliphatic heterocycles. The number of aryl methyl sites for hydroxylation is 2. The number of nitrogens with zero attached hydrogens (tertiary/aromatic N) is 1. The highest BCUT2D eigenvalue weighted by Crippen LogP contribution is 2.34. The van der Waals surface area contributed by atoms with Gasteiger partial charge in [0.25, 0.3) is 0 Å². The third-order valence-electron chi connectivity index (χ3n) is 2.28. The van der Waals surface area contributed by atoms with E-state index in [1.54, 1.807) is 17.5 Å². The van der Waals surface area contributed by atoms with Gasteiger partial charge in [-0.25, -0.2) is 4.98 Å². The lowest BCUT2D eigenvalue weighted by atomic mass is 10.1. The van der Waals surface area contributed by atoms with Gasteiger partial charge in [0.1, 0.15) is 5.82 Å². The van der Waals surface area contributed by atoms with Crippen LogP contribution in [0.25, 0.3) is 10.4 Å². The van der Waals surface area contributed by atoms with Crippen LogP contribution in [-0.2, 0) is 0 Å². The SMILES string of the molecule is Cc1ccsc1-c1c(C)ccnc1N. The van der Waals surface area contributed by atoms with Crippen molar-refractivity contribution in [2.45, 2.75) is 13.8 Å². The Labute approximate surface area is 87.4 Å². The van der Waals surface area contributed by atoms with Crippen molar-refractivity contribution in [1.82, 2.24) is 4.98 Å². The van der Waals surface area contributed by atoms with E-state index in [1.807, 2.05) is 6.07 Å². The Morgan fingerprint density at radius 2 is 2.00 bits per heavy atom. The van der Waals surface area contributed by atoms with E-state index < -0.39 is 0 Å². The maximum Gasteiger partial charge on any atom is 0.132 e. The molecule has 0 unspecified atom stereocenters. The molecular formula is C11H12N2S. The minimum absolute atomic E-state index is 0.621. The van der Waals surface area contributed by atoms with Gasteiger partial charge in [0.15, 0.2) is 0 Å². The highest BCUT2D eigenvalue weighted by molar-refractivity contribution is 7.13. The first-order valence-corrected chi connectivity index (χ1v) is 5.33. The molecule has 2 N–H and O–H groups in total. The van der Waals surface area contributed by atoms with Crippen molar-refractivity contribution in [2.24, 2.45) is 0 Å². The summed E-state index contributed by atoms with van der Waals surface area (Å²) in [4.78, 5) is 5.35. The molecule has 3 heteroatoms. The summed E-state index contributed by atoms with van der Waals surface area (Å²) in [6, 6.07) is 4.09. The second-order valence-corrected chi connectivity index (χ2v) is 4.24. The van der Waals surface area contributed by atoms with Crippen molar-refractivity contribution in [2.75, 3.05) is 5.73 Å². The maximum atomic E-state index is 5.88. The molecule has 0 saturated heterocycles. The Morgan fingerprint density at radius 3 is 2.57 bits per heavy atom. The molecule has 0 saturated carbocycles. The van der Waals surface area contributed by atoms with Crippen LogP contribution in [0.2, 0.25) is 0 Å². The maximum absolute atomic E-state index is 5.88. The van der Waals surface area contributed by atoms with E-state index in [4.69, 9.17) is 5.73 Å². The van der Waals surface area contributed by atoms with E-state index in [2.05, 4.69) is 30.3 Å². The predicted octanol–water partition coefficient (Wildman–Crippen LogP) is 3.01. The molecule has 0 aromatic carbocycles. The first kappa shape index (κ1) is 9.21. The Bertz CT molecular complexity index is 440. The van der Waals surface area contributed by atoms with Crippen molar-refractivity contribution in [3.05, 3.63) is 34.8 Å². The fourth-order valence-corrected chi connectivity index (χ4v) is 2.55. The average Bonchev–Trinajstić information content (AvgIpc) is 2.52. The van der Waals surface area contributed by atoms with Gasteiger partial charge in [-0.1, -0.05) is 0 Å². The molecule has 0 bridgehead atoms. The van der Waals surface area contributed by atoms with Crippen molar-refractivity contribution in [1.29, 1.82) is 0 Å². The molecule has 0 atom stereocenters. The molecule has 0 amide bonds. The Morgan fingerprint density at radius 1 is 1.21 bits per heavy atom. The first-order valence-electron chi connectivity index (χ1n) is 4.45. The topological polar surface area (TPSA) is 38.9 Å². The molecule has 2 rings (SSSR count). The van der Waals surface area contributed by atoms with Crippen molar-refractivity contribution in [3.63, 3.8) is 0 Å². The van der Waals surface area contributed by atoms with Crippen LogP contribution in [0.3, 0.4) is 0 Å². The zero-order valence-corrected chi connectivity index (χ0v) is 9.06. The lowest BCUT2D eigenvalue weighted by Gasteiger charge is -2.06. The molecule has 14 heavy (non-hydrogen) atoms. The van der Waals surface area contributed by atoms with Crippen LogP contribution in [0.4, 0.5) is 5.82 Å². The summed E-state index contributed by atoms with van der Waals surface area (Å²) in [5, 5.41) is 2.08. The van der Waals surface area contributed by atoms with Crippen molar-refractivity contribution >= 4 is 17.2 Å². The number of rotatable bonds is 1. The summed E-state index contributed by atoms with van der Waals surface area (Å²) in [5.74, 6) is 0.621. The minimum atomic E-state index is 0.621. The van der Waals surface area contributed by atoms with Crippen LogP contribution in [0, 0.1) is 13.8 Å². The van der Waals surface area contributed by atoms with Crippen LogP contribution in [-0.4, -0.2) is 4.98 Å². The van der Waals surface area contributed by atoms with Gasteiger partial charge in [-0.2, -0.15) is 0 Å². The van der Waals surface area contributed by atoms with Crippen LogP contribution in [0.1, 0.15) is 11.1 Å². The molecule has 0 fully saturated rings. The molecular weight excluding hydrogens is 192 g/mol. The van der Waals surface area contributed by atoms with Gasteiger partial charge in [0.2, 0.25) is 0 Å². The summed E-state index contributed by atoms with van der Waals surface area (Å²) >= 11 is 1.71. The molecule has 0 spiro atoms. The van der Waals surface area contributed by atoms with Gasteiger partial charge in [0.05, 0.1) is 0 Å². The highest BCUT2D eigenvalue weighted by Gasteiger charge is 2.10. The van der Waals surface area contributed by atoms with Crippen molar-refractivity contribution < 1.29 is 0 Å². The molecule has 72 valence electrons. The second-order valence-electron chi connectivity index (χ2n) is 3.32. The molecule has 0 aliphatic rings. The van der Waals surface area contributed by atoms with Gasteiger partial charge >= 0.3 is 0 Å². The lowest BCUT2D eigenvalue weighted by Crippen LogP contribution is -1.95. The van der Waals surface area contributed by atoms with Crippen LogP contribution in [0.5, 0.6) is 0 Å². The average molecular weight is 204 g/mol. The summed E-state index contributed by atoms with van der Waals surface area (Å²) < 4.78 is 0. The van der Waals surface area contributed by atoms with E-state index in [-0.39, 0.29) is 0 Å². The van der Waals surface area contributed by atoms with E-state index in [0.717, 1.165) is 5.56 Å². The van der Waals surface area contributed by atoms with E-state index in [0.29, 0.717) is 5.82 Å². The Hall–Kier alpha value is -1.35. The summed E-state index contributed by atoms with van der Waals surface area (Å²) in [5.41, 5.74) is 9.41. The quantitative estimate of drug-likeness (QED) is 0.775. The van der Waals surface area contributed by atoms with Crippen LogP contribution < -0.4 is 5.73 Å². The lowest BCUT2D eigenvalue weighted by molar-refractivity contribution is 1.30. The number of anilines is 1. The number of thiophene rings is 1. The van der Waals surface area contributed by atoms with Gasteiger partial charge in [-0.15, -0.1) is 11.3 Å². The summed E-state index contributed by atoms with van der Waals surface area (Å²) in [6.07, 6.45) is 1.75. The van der Waals surface area contributed by atoms with Crippen molar-refractivity contribution in [3.8, 4) is 10.4 Å². The third kappa shape index (κ3) is 1.40. The third-order valence-corrected chi connectivity index (χ3v) is 3.31. The van der Waals surface area contributed by atoms with Gasteiger partial charge < -0.3 is 5.73 Å². The fourth-order valence-electron chi connectivity index (χ4n) is 1.50. The normalized spacial score (nSPS) is 10.4. The molecule has 0 radical (unpaired) electrons. The number of hydrogen-bond donors (Lipinski definition) is 1. The number of aromatic nitrogens is 1. The first-order chi connectivity index (χ1) is 6.70. The van der Waals surface area contributed by atoms with E-state index in [1.165, 1.54) is 16.0 Å². The number of nitrogen functional groups attached to an aromatic ring is 1. The Kier molecular flexibility index (Phi) is 2.25. The minimum Gasteiger partial charge on any atom is -0.383 e.